The zero-order valence-electron chi connectivity index (χ0n) is 15.6. The lowest BCUT2D eigenvalue weighted by Crippen LogP contribution is -2.26. The van der Waals surface area contributed by atoms with Gasteiger partial charge in [-0.1, -0.05) is 6.07 Å². The Morgan fingerprint density at radius 2 is 2.07 bits per heavy atom. The summed E-state index contributed by atoms with van der Waals surface area (Å²) in [6, 6.07) is 9.50. The van der Waals surface area contributed by atoms with Gasteiger partial charge in [0, 0.05) is 38.2 Å². The largest absolute Gasteiger partial charge is 0.454 e. The first kappa shape index (κ1) is 18.0. The molecule has 7 heteroatoms. The van der Waals surface area contributed by atoms with Gasteiger partial charge < -0.3 is 19.7 Å². The number of aromatic nitrogens is 1. The molecule has 0 saturated carbocycles. The molecule has 7 nitrogen and oxygen atoms in total. The van der Waals surface area contributed by atoms with Gasteiger partial charge in [0.15, 0.2) is 11.5 Å². The number of hydrogen-bond acceptors (Lipinski definition) is 5. The van der Waals surface area contributed by atoms with Crippen molar-refractivity contribution in [2.45, 2.75) is 19.3 Å². The maximum Gasteiger partial charge on any atom is 0.246 e. The lowest BCUT2D eigenvalue weighted by Gasteiger charge is -2.15. The highest BCUT2D eigenvalue weighted by Gasteiger charge is 2.27. The first-order valence-electron chi connectivity index (χ1n) is 9.18. The van der Waals surface area contributed by atoms with E-state index in [2.05, 4.69) is 10.3 Å². The smallest absolute Gasteiger partial charge is 0.246 e. The second kappa shape index (κ2) is 7.72. The highest BCUT2D eigenvalue weighted by molar-refractivity contribution is 5.92. The molecule has 2 aromatic rings. The number of hydrogen-bond donors (Lipinski definition) is 1. The van der Waals surface area contributed by atoms with E-state index in [-0.39, 0.29) is 18.6 Å². The minimum absolute atomic E-state index is 0.0193. The molecule has 1 aromatic carbocycles. The Morgan fingerprint density at radius 1 is 1.21 bits per heavy atom. The van der Waals surface area contributed by atoms with Crippen molar-refractivity contribution in [1.29, 1.82) is 0 Å². The summed E-state index contributed by atoms with van der Waals surface area (Å²) in [6.07, 6.45) is 5.85. The van der Waals surface area contributed by atoms with Crippen molar-refractivity contribution in [3.63, 3.8) is 0 Å². The van der Waals surface area contributed by atoms with E-state index in [0.717, 1.165) is 30.0 Å². The normalized spacial score (nSPS) is 17.9. The average Bonchev–Trinajstić information content (AvgIpc) is 3.35. The van der Waals surface area contributed by atoms with E-state index in [0.29, 0.717) is 18.3 Å². The van der Waals surface area contributed by atoms with Crippen molar-refractivity contribution in [3.8, 4) is 11.5 Å². The minimum Gasteiger partial charge on any atom is -0.454 e. The summed E-state index contributed by atoms with van der Waals surface area (Å²) in [7, 11) is 0. The number of likely N-dealkylation sites (tertiary alicyclic amines) is 1. The predicted molar refractivity (Wildman–Crippen MR) is 104 cm³/mol. The maximum absolute atomic E-state index is 12.5. The Kier molecular flexibility index (Phi) is 4.97. The van der Waals surface area contributed by atoms with Crippen LogP contribution in [0.5, 0.6) is 11.5 Å². The molecule has 0 spiro atoms. The Bertz CT molecular complexity index is 924. The fourth-order valence-electron chi connectivity index (χ4n) is 3.43. The van der Waals surface area contributed by atoms with Gasteiger partial charge in [-0.15, -0.1) is 0 Å². The summed E-state index contributed by atoms with van der Waals surface area (Å²) in [5.74, 6) is 2.15. The summed E-state index contributed by atoms with van der Waals surface area (Å²) in [6.45, 7) is 3.10. The molecule has 1 N–H and O–H groups in total. The van der Waals surface area contributed by atoms with E-state index in [1.165, 1.54) is 12.5 Å². The van der Waals surface area contributed by atoms with E-state index in [9.17, 15) is 9.59 Å². The van der Waals surface area contributed by atoms with E-state index < -0.39 is 0 Å². The summed E-state index contributed by atoms with van der Waals surface area (Å²) in [4.78, 5) is 29.5. The average molecular weight is 379 g/mol. The minimum atomic E-state index is -0.169. The van der Waals surface area contributed by atoms with Gasteiger partial charge in [-0.2, -0.15) is 0 Å². The molecular formula is C21H21N3O4. The number of nitrogens with one attached hydrogen (secondary N) is 1. The lowest BCUT2D eigenvalue weighted by atomic mass is 9.98. The molecule has 3 heterocycles. The molecule has 1 fully saturated rings. The standard InChI is InChI=1S/C21H21N3O4/c1-14(25)23-20-6-2-15(11-22-20)3-7-21(26)24-9-8-17(12-24)16-4-5-18-19(10-16)28-13-27-18/h2-7,10-11,17H,8-9,12-13H2,1H3,(H,22,23,25)/b7-3+/t17-/m1/s1. The van der Waals surface area contributed by atoms with Gasteiger partial charge in [0.05, 0.1) is 0 Å². The number of fused-ring (bicyclic) bond motifs is 1. The van der Waals surface area contributed by atoms with Gasteiger partial charge in [0.25, 0.3) is 0 Å². The molecule has 2 aliphatic rings. The monoisotopic (exact) mass is 379 g/mol. The van der Waals surface area contributed by atoms with Gasteiger partial charge in [0.1, 0.15) is 5.82 Å². The van der Waals surface area contributed by atoms with Crippen molar-refractivity contribution in [3.05, 3.63) is 53.7 Å². The number of amides is 2. The van der Waals surface area contributed by atoms with Crippen LogP contribution in [0.2, 0.25) is 0 Å². The molecule has 0 bridgehead atoms. The van der Waals surface area contributed by atoms with E-state index in [1.54, 1.807) is 30.5 Å². The van der Waals surface area contributed by atoms with Crippen LogP contribution in [0, 0.1) is 0 Å². The van der Waals surface area contributed by atoms with Crippen LogP contribution in [0.4, 0.5) is 5.82 Å². The Morgan fingerprint density at radius 3 is 2.86 bits per heavy atom. The molecule has 0 aliphatic carbocycles. The number of ether oxygens (including phenoxy) is 2. The first-order valence-corrected chi connectivity index (χ1v) is 9.18. The van der Waals surface area contributed by atoms with Crippen LogP contribution in [0.3, 0.4) is 0 Å². The van der Waals surface area contributed by atoms with Crippen molar-refractivity contribution >= 4 is 23.7 Å². The quantitative estimate of drug-likeness (QED) is 0.827. The van der Waals surface area contributed by atoms with Crippen LogP contribution in [-0.2, 0) is 9.59 Å². The van der Waals surface area contributed by atoms with Crippen LogP contribution in [-0.4, -0.2) is 41.6 Å². The molecule has 2 aliphatic heterocycles. The fraction of sp³-hybridized carbons (Fsp3) is 0.286. The first-order chi connectivity index (χ1) is 13.6. The number of rotatable bonds is 4. The summed E-state index contributed by atoms with van der Waals surface area (Å²) in [5, 5.41) is 2.61. The van der Waals surface area contributed by atoms with Crippen LogP contribution in [0.15, 0.2) is 42.6 Å². The number of carbonyl (C=O) groups is 2. The third kappa shape index (κ3) is 3.98. The molecule has 0 unspecified atom stereocenters. The summed E-state index contributed by atoms with van der Waals surface area (Å²) >= 11 is 0. The fourth-order valence-corrected chi connectivity index (χ4v) is 3.43. The Hall–Kier alpha value is -3.35. The number of nitrogens with zero attached hydrogens (tertiary/aromatic N) is 2. The van der Waals surface area contributed by atoms with Crippen molar-refractivity contribution < 1.29 is 19.1 Å². The SMILES string of the molecule is CC(=O)Nc1ccc(/C=C/C(=O)N2CC[C@@H](c3ccc4c(c3)OCO4)C2)cn1. The van der Waals surface area contributed by atoms with Crippen LogP contribution in [0.1, 0.15) is 30.4 Å². The van der Waals surface area contributed by atoms with E-state index in [4.69, 9.17) is 9.47 Å². The third-order valence-electron chi connectivity index (χ3n) is 4.88. The van der Waals surface area contributed by atoms with E-state index in [1.807, 2.05) is 23.1 Å². The molecule has 1 atom stereocenters. The molecule has 4 rings (SSSR count). The predicted octanol–water partition coefficient (Wildman–Crippen LogP) is 2.80. The molecule has 1 aromatic heterocycles. The maximum atomic E-state index is 12.5. The lowest BCUT2D eigenvalue weighted by molar-refractivity contribution is -0.125. The van der Waals surface area contributed by atoms with Gasteiger partial charge in [0.2, 0.25) is 18.6 Å². The second-order valence-electron chi connectivity index (χ2n) is 6.87. The van der Waals surface area contributed by atoms with Crippen LogP contribution in [0.25, 0.3) is 6.08 Å². The molecule has 28 heavy (non-hydrogen) atoms. The Labute approximate surface area is 163 Å². The molecular weight excluding hydrogens is 358 g/mol. The van der Waals surface area contributed by atoms with E-state index >= 15 is 0 Å². The number of benzene rings is 1. The van der Waals surface area contributed by atoms with Crippen LogP contribution < -0.4 is 14.8 Å². The van der Waals surface area contributed by atoms with Gasteiger partial charge >= 0.3 is 0 Å². The molecule has 2 amide bonds. The van der Waals surface area contributed by atoms with Crippen LogP contribution >= 0.6 is 0 Å². The van der Waals surface area contributed by atoms with Gasteiger partial charge in [-0.25, -0.2) is 4.98 Å². The molecule has 144 valence electrons. The van der Waals surface area contributed by atoms with Crippen molar-refractivity contribution in [2.24, 2.45) is 0 Å². The van der Waals surface area contributed by atoms with Gasteiger partial charge in [-0.05, 0) is 47.9 Å². The zero-order chi connectivity index (χ0) is 19.5. The molecule has 0 radical (unpaired) electrons. The summed E-state index contributed by atoms with van der Waals surface area (Å²) in [5.41, 5.74) is 1.97. The summed E-state index contributed by atoms with van der Waals surface area (Å²) < 4.78 is 10.8. The number of carbonyl (C=O) groups excluding carboxylic acids is 2. The van der Waals surface area contributed by atoms with Crippen molar-refractivity contribution in [1.82, 2.24) is 9.88 Å². The third-order valence-corrected chi connectivity index (χ3v) is 4.88. The highest BCUT2D eigenvalue weighted by Crippen LogP contribution is 2.37. The zero-order valence-corrected chi connectivity index (χ0v) is 15.6. The number of anilines is 1. The Balaban J connectivity index is 1.35. The topological polar surface area (TPSA) is 80.8 Å². The van der Waals surface area contributed by atoms with Gasteiger partial charge in [-0.3, -0.25) is 9.59 Å². The number of pyridine rings is 1. The molecule has 1 saturated heterocycles. The highest BCUT2D eigenvalue weighted by atomic mass is 16.7. The van der Waals surface area contributed by atoms with Crippen molar-refractivity contribution in [2.75, 3.05) is 25.2 Å². The second-order valence-corrected chi connectivity index (χ2v) is 6.87.